The van der Waals surface area contributed by atoms with Gasteiger partial charge in [0.1, 0.15) is 0 Å². The minimum atomic E-state index is -0.467. The molecule has 1 fully saturated rings. The Kier molecular flexibility index (Phi) is 6.53. The Balaban J connectivity index is 2.34. The van der Waals surface area contributed by atoms with Crippen LogP contribution in [0.25, 0.3) is 0 Å². The maximum Gasteiger partial charge on any atom is 0.358 e. The first-order valence-electron chi connectivity index (χ1n) is 7.18. The van der Waals surface area contributed by atoms with Crippen LogP contribution in [0.3, 0.4) is 0 Å². The lowest BCUT2D eigenvalue weighted by molar-refractivity contribution is -0.155. The molecule has 4 nitrogen and oxygen atoms in total. The molecule has 1 rings (SSSR count). The molecule has 0 bridgehead atoms. The van der Waals surface area contributed by atoms with Gasteiger partial charge in [0.15, 0.2) is 0 Å². The van der Waals surface area contributed by atoms with Gasteiger partial charge < -0.3 is 4.84 Å². The number of hydroxylamine groups is 1. The number of amides is 1. The van der Waals surface area contributed by atoms with Crippen LogP contribution in [0.1, 0.15) is 52.9 Å². The highest BCUT2D eigenvalue weighted by molar-refractivity contribution is 6.17. The van der Waals surface area contributed by atoms with Crippen LogP contribution in [0.5, 0.6) is 0 Å². The summed E-state index contributed by atoms with van der Waals surface area (Å²) >= 11 is 5.60. The van der Waals surface area contributed by atoms with Crippen molar-refractivity contribution in [3.8, 4) is 0 Å². The van der Waals surface area contributed by atoms with E-state index in [2.05, 4.69) is 5.48 Å². The van der Waals surface area contributed by atoms with E-state index in [0.29, 0.717) is 17.9 Å². The molecule has 114 valence electrons. The summed E-state index contributed by atoms with van der Waals surface area (Å²) in [5.74, 6) is -0.0910. The number of carbonyl (C=O) groups is 2. The number of unbranched alkanes of at least 4 members (excludes halogenated alkanes) is 2. The van der Waals surface area contributed by atoms with Crippen molar-refractivity contribution >= 4 is 23.5 Å². The quantitative estimate of drug-likeness (QED) is 0.339. The predicted molar refractivity (Wildman–Crippen MR) is 79.1 cm³/mol. The van der Waals surface area contributed by atoms with Crippen LogP contribution in [0.4, 0.5) is 0 Å². The fourth-order valence-electron chi connectivity index (χ4n) is 2.04. The lowest BCUT2D eigenvalue weighted by atomic mass is 10.1. The van der Waals surface area contributed by atoms with Crippen molar-refractivity contribution in [2.45, 2.75) is 52.9 Å². The van der Waals surface area contributed by atoms with E-state index in [1.54, 1.807) is 0 Å². The van der Waals surface area contributed by atoms with Gasteiger partial charge in [-0.05, 0) is 37.5 Å². The summed E-state index contributed by atoms with van der Waals surface area (Å²) in [5, 5.41) is 0. The number of hydrogen-bond acceptors (Lipinski definition) is 3. The van der Waals surface area contributed by atoms with E-state index in [1.807, 2.05) is 26.8 Å². The molecule has 20 heavy (non-hydrogen) atoms. The normalized spacial score (nSPS) is 20.4. The van der Waals surface area contributed by atoms with Gasteiger partial charge in [0, 0.05) is 17.4 Å². The zero-order valence-corrected chi connectivity index (χ0v) is 13.3. The van der Waals surface area contributed by atoms with E-state index < -0.39 is 5.97 Å². The van der Waals surface area contributed by atoms with E-state index in [4.69, 9.17) is 16.4 Å². The summed E-state index contributed by atoms with van der Waals surface area (Å²) < 4.78 is 0. The Labute approximate surface area is 125 Å². The topological polar surface area (TPSA) is 55.4 Å². The van der Waals surface area contributed by atoms with E-state index in [9.17, 15) is 9.59 Å². The fraction of sp³-hybridized carbons (Fsp3) is 0.733. The number of alkyl halides is 1. The number of halogens is 1. The molecular formula is C15H24ClNO3. The monoisotopic (exact) mass is 301 g/mol. The number of hydrogen-bond donors (Lipinski definition) is 1. The molecule has 1 amide bonds. The highest BCUT2D eigenvalue weighted by Crippen LogP contribution is 2.51. The van der Waals surface area contributed by atoms with Gasteiger partial charge in [-0.25, -0.2) is 4.79 Å². The summed E-state index contributed by atoms with van der Waals surface area (Å²) in [6, 6.07) is 0. The van der Waals surface area contributed by atoms with Crippen LogP contribution in [0, 0.1) is 11.3 Å². The molecule has 5 heteroatoms. The first-order valence-corrected chi connectivity index (χ1v) is 7.72. The second-order valence-electron chi connectivity index (χ2n) is 5.87. The smallest absolute Gasteiger partial charge is 0.336 e. The lowest BCUT2D eigenvalue weighted by Crippen LogP contribution is -2.30. The van der Waals surface area contributed by atoms with Crippen molar-refractivity contribution in [3.63, 3.8) is 0 Å². The molecule has 0 radical (unpaired) electrons. The van der Waals surface area contributed by atoms with Gasteiger partial charge >= 0.3 is 5.97 Å². The van der Waals surface area contributed by atoms with Crippen LogP contribution in [0.15, 0.2) is 11.6 Å². The summed E-state index contributed by atoms with van der Waals surface area (Å²) in [4.78, 5) is 28.4. The molecule has 1 N–H and O–H groups in total. The third-order valence-electron chi connectivity index (χ3n) is 3.70. The molecule has 0 aromatic carbocycles. The average Bonchev–Trinajstić information content (AvgIpc) is 3.05. The van der Waals surface area contributed by atoms with Crippen molar-refractivity contribution in [3.05, 3.63) is 11.6 Å². The first kappa shape index (κ1) is 17.0. The van der Waals surface area contributed by atoms with Crippen molar-refractivity contribution in [1.29, 1.82) is 0 Å². The van der Waals surface area contributed by atoms with Crippen LogP contribution in [-0.2, 0) is 14.4 Å². The highest BCUT2D eigenvalue weighted by Gasteiger charge is 2.51. The van der Waals surface area contributed by atoms with E-state index >= 15 is 0 Å². The zero-order valence-electron chi connectivity index (χ0n) is 12.5. The summed E-state index contributed by atoms with van der Waals surface area (Å²) in [5.41, 5.74) is 2.89. The molecular weight excluding hydrogens is 278 g/mol. The Morgan fingerprint density at radius 2 is 2.05 bits per heavy atom. The van der Waals surface area contributed by atoms with Gasteiger partial charge in [-0.2, -0.15) is 5.48 Å². The minimum absolute atomic E-state index is 0.0292. The van der Waals surface area contributed by atoms with E-state index in [1.165, 1.54) is 0 Å². The Hall–Kier alpha value is -1.03. The van der Waals surface area contributed by atoms with Gasteiger partial charge in [0.05, 0.1) is 0 Å². The van der Waals surface area contributed by atoms with Crippen molar-refractivity contribution in [1.82, 2.24) is 5.48 Å². The number of nitrogens with one attached hydrogen (secondary N) is 1. The Morgan fingerprint density at radius 3 is 2.55 bits per heavy atom. The largest absolute Gasteiger partial charge is 0.358 e. The highest BCUT2D eigenvalue weighted by atomic mass is 35.5. The maximum atomic E-state index is 11.8. The van der Waals surface area contributed by atoms with Crippen LogP contribution in [-0.4, -0.2) is 17.8 Å². The SMILES string of the molecule is CCC(=CCCCCCl)C(=O)ONC(=O)[C@H]1CC1(C)C. The van der Waals surface area contributed by atoms with Gasteiger partial charge in [0.25, 0.3) is 5.91 Å². The molecule has 1 aliphatic rings. The van der Waals surface area contributed by atoms with Gasteiger partial charge in [0.2, 0.25) is 0 Å². The first-order chi connectivity index (χ1) is 9.42. The minimum Gasteiger partial charge on any atom is -0.336 e. The standard InChI is InChI=1S/C15H24ClNO3/c1-4-11(8-6-5-7-9-16)14(19)20-17-13(18)12-10-15(12,2)3/h8,12H,4-7,9-10H2,1-3H3,(H,17,18)/t12-/m1/s1. The van der Waals surface area contributed by atoms with Crippen molar-refractivity contribution in [2.24, 2.45) is 11.3 Å². The molecule has 0 heterocycles. The molecule has 1 aliphatic carbocycles. The Morgan fingerprint density at radius 1 is 1.40 bits per heavy atom. The molecule has 1 atom stereocenters. The molecule has 0 aromatic rings. The average molecular weight is 302 g/mol. The molecule has 0 aromatic heterocycles. The third kappa shape index (κ3) is 5.16. The summed E-state index contributed by atoms with van der Waals surface area (Å²) in [7, 11) is 0. The van der Waals surface area contributed by atoms with Crippen LogP contribution < -0.4 is 5.48 Å². The van der Waals surface area contributed by atoms with E-state index in [-0.39, 0.29) is 17.2 Å². The second kappa shape index (κ2) is 7.67. The van der Waals surface area contributed by atoms with Gasteiger partial charge in [-0.15, -0.1) is 11.6 Å². The maximum absolute atomic E-state index is 11.8. The number of carbonyl (C=O) groups excluding carboxylic acids is 2. The van der Waals surface area contributed by atoms with Crippen molar-refractivity contribution in [2.75, 3.05) is 5.88 Å². The molecule has 0 aliphatic heterocycles. The van der Waals surface area contributed by atoms with E-state index in [0.717, 1.165) is 25.7 Å². The fourth-order valence-corrected chi connectivity index (χ4v) is 2.22. The molecule has 1 saturated carbocycles. The second-order valence-corrected chi connectivity index (χ2v) is 6.25. The van der Waals surface area contributed by atoms with Gasteiger partial charge in [-0.1, -0.05) is 26.8 Å². The van der Waals surface area contributed by atoms with Crippen LogP contribution >= 0.6 is 11.6 Å². The third-order valence-corrected chi connectivity index (χ3v) is 3.96. The predicted octanol–water partition coefficient (Wildman–Crippen LogP) is 3.35. The molecule has 0 saturated heterocycles. The number of rotatable bonds is 7. The van der Waals surface area contributed by atoms with Crippen molar-refractivity contribution < 1.29 is 14.4 Å². The Bertz CT molecular complexity index is 391. The molecule has 0 spiro atoms. The lowest BCUT2D eigenvalue weighted by Gasteiger charge is -2.08. The molecule has 0 unspecified atom stereocenters. The zero-order chi connectivity index (χ0) is 15.2. The number of allylic oxidation sites excluding steroid dienone is 1. The van der Waals surface area contributed by atoms with Gasteiger partial charge in [-0.3, -0.25) is 4.79 Å². The summed E-state index contributed by atoms with van der Waals surface area (Å²) in [6.45, 7) is 5.93. The summed E-state index contributed by atoms with van der Waals surface area (Å²) in [6.07, 6.45) is 5.97. The van der Waals surface area contributed by atoms with Crippen LogP contribution in [0.2, 0.25) is 0 Å².